The zero-order chi connectivity index (χ0) is 16.9. The number of rotatable bonds is 4. The van der Waals surface area contributed by atoms with Gasteiger partial charge in [-0.25, -0.2) is 0 Å². The normalized spacial score (nSPS) is 35.2. The highest BCUT2D eigenvalue weighted by Gasteiger charge is 2.53. The number of nitrogens with one attached hydrogen (secondary N) is 1. The van der Waals surface area contributed by atoms with E-state index in [1.165, 1.54) is 30.6 Å². The lowest BCUT2D eigenvalue weighted by atomic mass is 9.84. The van der Waals surface area contributed by atoms with E-state index in [1.807, 2.05) is 0 Å². The highest BCUT2D eigenvalue weighted by molar-refractivity contribution is 6.08. The Morgan fingerprint density at radius 2 is 2.00 bits per heavy atom. The third kappa shape index (κ3) is 2.56. The topological polar surface area (TPSA) is 66.5 Å². The minimum Gasteiger partial charge on any atom is -0.352 e. The fourth-order valence-electron chi connectivity index (χ4n) is 5.92. The van der Waals surface area contributed by atoms with Gasteiger partial charge < -0.3 is 5.32 Å². The summed E-state index contributed by atoms with van der Waals surface area (Å²) in [4.78, 5) is 38.5. The molecule has 4 fully saturated rings. The van der Waals surface area contributed by atoms with E-state index in [9.17, 15) is 14.4 Å². The van der Waals surface area contributed by atoms with Crippen molar-refractivity contribution in [3.8, 4) is 0 Å². The second-order valence-electron chi connectivity index (χ2n) is 8.64. The Hall–Kier alpha value is -1.39. The molecule has 0 radical (unpaired) electrons. The Balaban J connectivity index is 1.34. The minimum absolute atomic E-state index is 0.0927. The molecule has 5 nitrogen and oxygen atoms in total. The molecule has 3 amide bonds. The van der Waals surface area contributed by atoms with E-state index in [1.54, 1.807) is 0 Å². The zero-order valence-electron chi connectivity index (χ0n) is 14.6. The average Bonchev–Trinajstić information content (AvgIpc) is 3.30. The van der Waals surface area contributed by atoms with Gasteiger partial charge in [0.15, 0.2) is 0 Å². The third-order valence-electron chi connectivity index (χ3n) is 7.18. The van der Waals surface area contributed by atoms with Gasteiger partial charge in [0, 0.05) is 12.5 Å². The molecule has 1 spiro atoms. The van der Waals surface area contributed by atoms with Gasteiger partial charge in [0.25, 0.3) is 0 Å². The summed E-state index contributed by atoms with van der Waals surface area (Å²) in [7, 11) is 0. The van der Waals surface area contributed by atoms with Crippen LogP contribution >= 0.6 is 0 Å². The van der Waals surface area contributed by atoms with Gasteiger partial charge >= 0.3 is 0 Å². The summed E-state index contributed by atoms with van der Waals surface area (Å²) in [6.07, 6.45) is 9.12. The number of hydrogen-bond donors (Lipinski definition) is 1. The van der Waals surface area contributed by atoms with Crippen LogP contribution in [0.5, 0.6) is 0 Å². The van der Waals surface area contributed by atoms with Crippen molar-refractivity contribution in [2.75, 3.05) is 6.54 Å². The maximum atomic E-state index is 12.6. The molecule has 1 N–H and O–H groups in total. The Morgan fingerprint density at radius 1 is 1.25 bits per heavy atom. The molecular weight excluding hydrogens is 304 g/mol. The summed E-state index contributed by atoms with van der Waals surface area (Å²) in [5.41, 5.74) is -0.479. The molecule has 1 aliphatic heterocycles. The molecule has 1 saturated heterocycles. The van der Waals surface area contributed by atoms with Crippen molar-refractivity contribution in [3.63, 3.8) is 0 Å². The molecule has 24 heavy (non-hydrogen) atoms. The van der Waals surface area contributed by atoms with Crippen molar-refractivity contribution in [1.82, 2.24) is 10.2 Å². The van der Waals surface area contributed by atoms with Gasteiger partial charge in [0.2, 0.25) is 17.7 Å². The van der Waals surface area contributed by atoms with Gasteiger partial charge in [-0.05, 0) is 56.8 Å². The van der Waals surface area contributed by atoms with Crippen LogP contribution in [0.2, 0.25) is 0 Å². The van der Waals surface area contributed by atoms with Crippen molar-refractivity contribution < 1.29 is 14.4 Å². The van der Waals surface area contributed by atoms with Crippen LogP contribution in [0.25, 0.3) is 0 Å². The molecule has 4 rings (SSSR count). The van der Waals surface area contributed by atoms with Gasteiger partial charge in [-0.15, -0.1) is 0 Å². The number of carbonyl (C=O) groups excluding carboxylic acids is 3. The monoisotopic (exact) mass is 332 g/mol. The average molecular weight is 332 g/mol. The molecule has 0 aromatic heterocycles. The summed E-state index contributed by atoms with van der Waals surface area (Å²) >= 11 is 0. The Kier molecular flexibility index (Phi) is 3.92. The van der Waals surface area contributed by atoms with Crippen molar-refractivity contribution >= 4 is 17.7 Å². The first-order chi connectivity index (χ1) is 11.5. The lowest BCUT2D eigenvalue weighted by Gasteiger charge is -2.29. The van der Waals surface area contributed by atoms with E-state index in [0.717, 1.165) is 37.5 Å². The highest BCUT2D eigenvalue weighted by atomic mass is 16.2. The molecule has 0 aromatic rings. The number of nitrogens with zero attached hydrogens (tertiary/aromatic N) is 1. The van der Waals surface area contributed by atoms with Gasteiger partial charge in [0.1, 0.15) is 6.54 Å². The molecule has 4 aliphatic rings. The standard InChI is InChI=1S/C19H28N2O3/c1-12(15-9-13-4-5-14(15)8-13)20-16(22)11-21-17(23)10-19(18(21)24)6-2-3-7-19/h12-15H,2-11H2,1H3,(H,20,22)/t12-,13-,14-,15-/m0/s1. The molecule has 1 heterocycles. The Morgan fingerprint density at radius 3 is 2.62 bits per heavy atom. The van der Waals surface area contributed by atoms with Crippen molar-refractivity contribution in [2.24, 2.45) is 23.2 Å². The van der Waals surface area contributed by atoms with Gasteiger partial charge in [0.05, 0.1) is 5.41 Å². The number of fused-ring (bicyclic) bond motifs is 2. The molecule has 5 heteroatoms. The number of likely N-dealkylation sites (tertiary alicyclic amines) is 1. The number of carbonyl (C=O) groups is 3. The lowest BCUT2D eigenvalue weighted by Crippen LogP contribution is -2.47. The quantitative estimate of drug-likeness (QED) is 0.803. The first-order valence-electron chi connectivity index (χ1n) is 9.63. The minimum atomic E-state index is -0.479. The molecule has 0 unspecified atom stereocenters. The van der Waals surface area contributed by atoms with Crippen LogP contribution in [0.3, 0.4) is 0 Å². The van der Waals surface area contributed by atoms with Gasteiger partial charge in [-0.3, -0.25) is 19.3 Å². The van der Waals surface area contributed by atoms with Crippen LogP contribution in [-0.4, -0.2) is 35.2 Å². The summed E-state index contributed by atoms with van der Waals surface area (Å²) in [6.45, 7) is 1.99. The van der Waals surface area contributed by atoms with Crippen LogP contribution in [-0.2, 0) is 14.4 Å². The maximum Gasteiger partial charge on any atom is 0.240 e. The molecule has 3 saturated carbocycles. The maximum absolute atomic E-state index is 12.6. The van der Waals surface area contributed by atoms with E-state index < -0.39 is 5.41 Å². The highest BCUT2D eigenvalue weighted by Crippen LogP contribution is 2.49. The SMILES string of the molecule is C[C@H](NC(=O)CN1C(=O)CC2(CCCC2)C1=O)[C@@H]1C[C@H]2CC[C@H]1C2. The molecule has 3 aliphatic carbocycles. The van der Waals surface area contributed by atoms with Crippen LogP contribution in [0.4, 0.5) is 0 Å². The summed E-state index contributed by atoms with van der Waals surface area (Å²) < 4.78 is 0. The third-order valence-corrected chi connectivity index (χ3v) is 7.18. The van der Waals surface area contributed by atoms with Crippen LogP contribution in [0.1, 0.15) is 64.7 Å². The second-order valence-corrected chi connectivity index (χ2v) is 8.64. The van der Waals surface area contributed by atoms with E-state index >= 15 is 0 Å². The predicted molar refractivity (Wildman–Crippen MR) is 88.8 cm³/mol. The molecule has 132 valence electrons. The van der Waals surface area contributed by atoms with Crippen LogP contribution < -0.4 is 5.32 Å². The fourth-order valence-corrected chi connectivity index (χ4v) is 5.92. The van der Waals surface area contributed by atoms with E-state index in [0.29, 0.717) is 12.3 Å². The number of imide groups is 1. The van der Waals surface area contributed by atoms with Gasteiger partial charge in [-0.2, -0.15) is 0 Å². The summed E-state index contributed by atoms with van der Waals surface area (Å²) in [6, 6.07) is 0.140. The molecular formula is C19H28N2O3. The number of amides is 3. The fraction of sp³-hybridized carbons (Fsp3) is 0.842. The lowest BCUT2D eigenvalue weighted by molar-refractivity contribution is -0.145. The predicted octanol–water partition coefficient (Wildman–Crippen LogP) is 2.25. The van der Waals surface area contributed by atoms with E-state index in [2.05, 4.69) is 12.2 Å². The van der Waals surface area contributed by atoms with Crippen LogP contribution in [0, 0.1) is 23.2 Å². The largest absolute Gasteiger partial charge is 0.352 e. The number of hydrogen-bond acceptors (Lipinski definition) is 3. The van der Waals surface area contributed by atoms with E-state index in [-0.39, 0.29) is 30.3 Å². The summed E-state index contributed by atoms with van der Waals surface area (Å²) in [5, 5.41) is 3.07. The van der Waals surface area contributed by atoms with Crippen molar-refractivity contribution in [1.29, 1.82) is 0 Å². The Bertz CT molecular complexity index is 567. The van der Waals surface area contributed by atoms with Crippen molar-refractivity contribution in [2.45, 2.75) is 70.8 Å². The first kappa shape index (κ1) is 16.1. The first-order valence-corrected chi connectivity index (χ1v) is 9.63. The van der Waals surface area contributed by atoms with Crippen molar-refractivity contribution in [3.05, 3.63) is 0 Å². The van der Waals surface area contributed by atoms with E-state index in [4.69, 9.17) is 0 Å². The van der Waals surface area contributed by atoms with Gasteiger partial charge in [-0.1, -0.05) is 19.3 Å². The Labute approximate surface area is 143 Å². The summed E-state index contributed by atoms with van der Waals surface area (Å²) in [5.74, 6) is 1.73. The second kappa shape index (κ2) is 5.85. The van der Waals surface area contributed by atoms with Crippen LogP contribution in [0.15, 0.2) is 0 Å². The molecule has 0 aromatic carbocycles. The smallest absolute Gasteiger partial charge is 0.240 e. The zero-order valence-corrected chi connectivity index (χ0v) is 14.6. The molecule has 2 bridgehead atoms. The molecule has 4 atom stereocenters.